The fourth-order valence-corrected chi connectivity index (χ4v) is 9.64. The van der Waals surface area contributed by atoms with Gasteiger partial charge in [0.25, 0.3) is 0 Å². The van der Waals surface area contributed by atoms with Crippen LogP contribution in [0.1, 0.15) is 92.4 Å². The Bertz CT molecular complexity index is 872. The van der Waals surface area contributed by atoms with Crippen LogP contribution in [0.3, 0.4) is 0 Å². The summed E-state index contributed by atoms with van der Waals surface area (Å²) in [5, 5.41) is 0. The van der Waals surface area contributed by atoms with Crippen molar-refractivity contribution in [3.63, 3.8) is 0 Å². The predicted molar refractivity (Wildman–Crippen MR) is 138 cm³/mol. The van der Waals surface area contributed by atoms with Crippen LogP contribution in [0.25, 0.3) is 0 Å². The average Bonchev–Trinajstić information content (AvgIpc) is 3.20. The van der Waals surface area contributed by atoms with Gasteiger partial charge < -0.3 is 18.9 Å². The molecule has 0 saturated heterocycles. The molecule has 0 aliphatic heterocycles. The molecule has 0 N–H and O–H groups in total. The fraction of sp³-hybridized carbons (Fsp3) is 0.900. The second-order valence-electron chi connectivity index (χ2n) is 13.0. The Balaban J connectivity index is 1.71. The Morgan fingerprint density at radius 2 is 1.62 bits per heavy atom. The zero-order chi connectivity index (χ0) is 27.1. The van der Waals surface area contributed by atoms with Gasteiger partial charge in [0.15, 0.2) is 0 Å². The van der Waals surface area contributed by atoms with E-state index in [0.29, 0.717) is 36.0 Å². The molecule has 0 aromatic heterocycles. The van der Waals surface area contributed by atoms with Gasteiger partial charge in [-0.1, -0.05) is 20.8 Å². The number of hydrogen-bond acceptors (Lipinski definition) is 7. The van der Waals surface area contributed by atoms with Crippen molar-refractivity contribution < 1.29 is 33.3 Å². The summed E-state index contributed by atoms with van der Waals surface area (Å²) >= 11 is 0. The number of hydrogen-bond donors (Lipinski definition) is 0. The SMILES string of the molecule is COC(=O)CC[C@@H](C)[C@H]1CC[C@H]2[C@@H]3C(OC(C)=O)CC4CC(OC)CC[C@]4(C)[C@H]3CC(OC(C)=O)[C@]12C. The summed E-state index contributed by atoms with van der Waals surface area (Å²) < 4.78 is 23.0. The van der Waals surface area contributed by atoms with Gasteiger partial charge >= 0.3 is 17.9 Å². The first-order valence-corrected chi connectivity index (χ1v) is 14.4. The molecule has 210 valence electrons. The first kappa shape index (κ1) is 28.4. The number of rotatable bonds is 7. The highest BCUT2D eigenvalue weighted by Gasteiger charge is 2.67. The van der Waals surface area contributed by atoms with Crippen LogP contribution in [0, 0.1) is 46.3 Å². The third-order valence-corrected chi connectivity index (χ3v) is 11.4. The number of methoxy groups -OCH3 is 2. The minimum atomic E-state index is -0.228. The van der Waals surface area contributed by atoms with Gasteiger partial charge in [0.05, 0.1) is 13.2 Å². The molecule has 4 unspecified atom stereocenters. The van der Waals surface area contributed by atoms with E-state index in [2.05, 4.69) is 20.8 Å². The molecule has 4 saturated carbocycles. The summed E-state index contributed by atoms with van der Waals surface area (Å²) in [5.41, 5.74) is -0.127. The van der Waals surface area contributed by atoms with E-state index in [1.165, 1.54) is 21.0 Å². The quantitative estimate of drug-likeness (QED) is 0.331. The third kappa shape index (κ3) is 5.06. The average molecular weight is 521 g/mol. The molecule has 37 heavy (non-hydrogen) atoms. The van der Waals surface area contributed by atoms with Crippen molar-refractivity contribution in [2.45, 2.75) is 111 Å². The molecule has 7 nitrogen and oxygen atoms in total. The lowest BCUT2D eigenvalue weighted by Crippen LogP contribution is -2.63. The molecular formula is C30H48O7. The van der Waals surface area contributed by atoms with E-state index in [0.717, 1.165) is 51.4 Å². The monoisotopic (exact) mass is 520 g/mol. The molecule has 4 fully saturated rings. The van der Waals surface area contributed by atoms with Crippen molar-refractivity contribution in [1.29, 1.82) is 0 Å². The van der Waals surface area contributed by atoms with Crippen LogP contribution in [-0.4, -0.2) is 50.4 Å². The molecule has 4 aliphatic rings. The highest BCUT2D eigenvalue weighted by molar-refractivity contribution is 5.69. The van der Waals surface area contributed by atoms with Crippen molar-refractivity contribution in [2.24, 2.45) is 46.3 Å². The number of carbonyl (C=O) groups is 3. The smallest absolute Gasteiger partial charge is 0.305 e. The molecule has 0 radical (unpaired) electrons. The highest BCUT2D eigenvalue weighted by atomic mass is 16.5. The Morgan fingerprint density at radius 3 is 2.24 bits per heavy atom. The molecule has 0 aromatic carbocycles. The Hall–Kier alpha value is -1.63. The Labute approximate surface area is 222 Å². The number of carbonyl (C=O) groups excluding carboxylic acids is 3. The summed E-state index contributed by atoms with van der Waals surface area (Å²) in [4.78, 5) is 36.6. The van der Waals surface area contributed by atoms with Crippen LogP contribution in [0.4, 0.5) is 0 Å². The lowest BCUT2D eigenvalue weighted by Gasteiger charge is -2.64. The summed E-state index contributed by atoms with van der Waals surface area (Å²) in [6.07, 6.45) is 7.95. The van der Waals surface area contributed by atoms with Gasteiger partial charge in [-0.05, 0) is 86.4 Å². The van der Waals surface area contributed by atoms with E-state index in [1.54, 1.807) is 7.11 Å². The highest BCUT2D eigenvalue weighted by Crippen LogP contribution is 2.69. The van der Waals surface area contributed by atoms with E-state index < -0.39 is 0 Å². The maximum Gasteiger partial charge on any atom is 0.305 e. The molecular weight excluding hydrogens is 472 g/mol. The van der Waals surface area contributed by atoms with Gasteiger partial charge in [-0.15, -0.1) is 0 Å². The molecule has 0 heterocycles. The van der Waals surface area contributed by atoms with Gasteiger partial charge in [-0.25, -0.2) is 0 Å². The van der Waals surface area contributed by atoms with Crippen molar-refractivity contribution >= 4 is 17.9 Å². The minimum absolute atomic E-state index is 0.102. The molecule has 0 spiro atoms. The van der Waals surface area contributed by atoms with Crippen LogP contribution in [0.15, 0.2) is 0 Å². The van der Waals surface area contributed by atoms with Gasteiger partial charge in [0.2, 0.25) is 0 Å². The molecule has 4 rings (SSSR count). The van der Waals surface area contributed by atoms with Crippen LogP contribution in [-0.2, 0) is 33.3 Å². The molecule has 0 aromatic rings. The van der Waals surface area contributed by atoms with E-state index in [-0.39, 0.29) is 53.0 Å². The van der Waals surface area contributed by atoms with Crippen molar-refractivity contribution in [3.05, 3.63) is 0 Å². The lowest BCUT2D eigenvalue weighted by molar-refractivity contribution is -0.224. The molecule has 7 heteroatoms. The standard InChI is InChI=1S/C30H48O7/c1-17(8-11-27(33)35-7)22-9-10-23-28-24(16-26(30(22,23)5)37-19(3)32)29(4)13-12-21(34-6)14-20(29)15-25(28)36-18(2)31/h17,20-26,28H,8-16H2,1-7H3/t17-,20?,21?,22-,23+,24+,25?,26?,28+,29+,30-/m1/s1. The largest absolute Gasteiger partial charge is 0.469 e. The summed E-state index contributed by atoms with van der Waals surface area (Å²) in [6.45, 7) is 10.0. The number of fused-ring (bicyclic) bond motifs is 5. The van der Waals surface area contributed by atoms with E-state index in [9.17, 15) is 14.4 Å². The van der Waals surface area contributed by atoms with Gasteiger partial charge in [0, 0.05) is 38.7 Å². The van der Waals surface area contributed by atoms with Gasteiger partial charge in [-0.2, -0.15) is 0 Å². The van der Waals surface area contributed by atoms with Gasteiger partial charge in [0.1, 0.15) is 12.2 Å². The van der Waals surface area contributed by atoms with Crippen LogP contribution < -0.4 is 0 Å². The maximum atomic E-state index is 12.4. The van der Waals surface area contributed by atoms with E-state index in [1.807, 2.05) is 0 Å². The Kier molecular flexibility index (Phi) is 8.33. The summed E-state index contributed by atoms with van der Waals surface area (Å²) in [5.74, 6) is 1.27. The molecule has 0 bridgehead atoms. The maximum absolute atomic E-state index is 12.4. The Morgan fingerprint density at radius 1 is 0.919 bits per heavy atom. The van der Waals surface area contributed by atoms with Crippen LogP contribution in [0.2, 0.25) is 0 Å². The number of ether oxygens (including phenoxy) is 4. The lowest BCUT2D eigenvalue weighted by atomic mass is 9.43. The number of esters is 3. The third-order valence-electron chi connectivity index (χ3n) is 11.4. The van der Waals surface area contributed by atoms with Crippen molar-refractivity contribution in [2.75, 3.05) is 14.2 Å². The topological polar surface area (TPSA) is 88.1 Å². The second kappa shape index (κ2) is 10.9. The summed E-state index contributed by atoms with van der Waals surface area (Å²) in [7, 11) is 3.23. The van der Waals surface area contributed by atoms with Crippen molar-refractivity contribution in [1.82, 2.24) is 0 Å². The minimum Gasteiger partial charge on any atom is -0.469 e. The normalized spacial score (nSPS) is 43.5. The van der Waals surface area contributed by atoms with Gasteiger partial charge in [-0.3, -0.25) is 14.4 Å². The first-order chi connectivity index (χ1) is 17.4. The molecule has 0 amide bonds. The van der Waals surface area contributed by atoms with Crippen molar-refractivity contribution in [3.8, 4) is 0 Å². The van der Waals surface area contributed by atoms with Crippen LogP contribution in [0.5, 0.6) is 0 Å². The summed E-state index contributed by atoms with van der Waals surface area (Å²) in [6, 6.07) is 0. The van der Waals surface area contributed by atoms with Crippen LogP contribution >= 0.6 is 0 Å². The first-order valence-electron chi connectivity index (χ1n) is 14.4. The molecule has 4 aliphatic carbocycles. The van der Waals surface area contributed by atoms with E-state index >= 15 is 0 Å². The zero-order valence-electron chi connectivity index (χ0n) is 23.9. The molecule has 11 atom stereocenters. The predicted octanol–water partition coefficient (Wildman–Crippen LogP) is 5.33. The van der Waals surface area contributed by atoms with E-state index in [4.69, 9.17) is 18.9 Å². The fourth-order valence-electron chi connectivity index (χ4n) is 9.64. The zero-order valence-corrected chi connectivity index (χ0v) is 23.9. The second-order valence-corrected chi connectivity index (χ2v) is 13.0.